The molecule has 1 heterocycles. The topological polar surface area (TPSA) is 39.2 Å². The predicted octanol–water partition coefficient (Wildman–Crippen LogP) is 5.25. The summed E-state index contributed by atoms with van der Waals surface area (Å²) in [7, 11) is 0. The second-order valence-corrected chi connectivity index (χ2v) is 5.98. The third-order valence-corrected chi connectivity index (χ3v) is 4.17. The maximum absolute atomic E-state index is 14.5. The van der Waals surface area contributed by atoms with E-state index in [1.807, 2.05) is 13.0 Å². The minimum Gasteiger partial charge on any atom is -0.466 e. The summed E-state index contributed by atoms with van der Waals surface area (Å²) in [5, 5.41) is 0.342. The monoisotopic (exact) mass is 369 g/mol. The highest BCUT2D eigenvalue weighted by Gasteiger charge is 2.17. The molecule has 1 aromatic carbocycles. The summed E-state index contributed by atoms with van der Waals surface area (Å²) < 4.78 is 19.4. The summed E-state index contributed by atoms with van der Waals surface area (Å²) in [4.78, 5) is 15.6. The zero-order chi connectivity index (χ0) is 17.7. The summed E-state index contributed by atoms with van der Waals surface area (Å²) in [5.74, 6) is -0.693. The number of ether oxygens (including phenoxy) is 1. The summed E-state index contributed by atoms with van der Waals surface area (Å²) in [6.07, 6.45) is 1.18. The second kappa shape index (κ2) is 8.45. The van der Waals surface area contributed by atoms with Gasteiger partial charge < -0.3 is 4.74 Å². The summed E-state index contributed by atoms with van der Waals surface area (Å²) in [6, 6.07) is 6.62. The Morgan fingerprint density at radius 1 is 1.21 bits per heavy atom. The van der Waals surface area contributed by atoms with Crippen LogP contribution in [0.1, 0.15) is 31.4 Å². The third kappa shape index (κ3) is 4.46. The summed E-state index contributed by atoms with van der Waals surface area (Å²) in [6.45, 7) is 4.01. The summed E-state index contributed by atoms with van der Waals surface area (Å²) >= 11 is 12.2. The van der Waals surface area contributed by atoms with Crippen LogP contribution in [-0.2, 0) is 22.4 Å². The Balaban J connectivity index is 2.43. The quantitative estimate of drug-likeness (QED) is 0.515. The average Bonchev–Trinajstić information content (AvgIpc) is 2.53. The van der Waals surface area contributed by atoms with E-state index < -0.39 is 0 Å². The van der Waals surface area contributed by atoms with E-state index in [1.54, 1.807) is 19.1 Å². The van der Waals surface area contributed by atoms with Crippen LogP contribution in [0.3, 0.4) is 0 Å². The van der Waals surface area contributed by atoms with Crippen LogP contribution < -0.4 is 0 Å². The average molecular weight is 370 g/mol. The van der Waals surface area contributed by atoms with Crippen molar-refractivity contribution in [2.45, 2.75) is 33.1 Å². The lowest BCUT2D eigenvalue weighted by atomic mass is 9.97. The zero-order valence-corrected chi connectivity index (χ0v) is 15.0. The Morgan fingerprint density at radius 3 is 2.58 bits per heavy atom. The van der Waals surface area contributed by atoms with Gasteiger partial charge in [-0.25, -0.2) is 9.37 Å². The van der Waals surface area contributed by atoms with Gasteiger partial charge in [0.05, 0.1) is 6.61 Å². The molecule has 0 unspecified atom stereocenters. The first kappa shape index (κ1) is 18.7. The Labute approximate surface area is 150 Å². The summed E-state index contributed by atoms with van der Waals surface area (Å²) in [5.41, 5.74) is 2.41. The molecule has 0 aliphatic heterocycles. The Morgan fingerprint density at radius 2 is 1.96 bits per heavy atom. The lowest BCUT2D eigenvalue weighted by Gasteiger charge is -2.13. The van der Waals surface area contributed by atoms with Crippen molar-refractivity contribution in [2.75, 3.05) is 6.61 Å². The highest BCUT2D eigenvalue weighted by Crippen LogP contribution is 2.33. The second-order valence-electron chi connectivity index (χ2n) is 5.23. The number of nitrogens with zero attached hydrogens (tertiary/aromatic N) is 1. The van der Waals surface area contributed by atoms with E-state index in [9.17, 15) is 9.18 Å². The number of carbonyl (C=O) groups is 1. The molecule has 6 heteroatoms. The lowest BCUT2D eigenvalue weighted by Crippen LogP contribution is -2.07. The van der Waals surface area contributed by atoms with Crippen molar-refractivity contribution in [3.05, 3.63) is 51.5 Å². The lowest BCUT2D eigenvalue weighted by molar-refractivity contribution is -0.143. The molecule has 2 aromatic rings. The van der Waals surface area contributed by atoms with Crippen LogP contribution in [-0.4, -0.2) is 17.6 Å². The fraction of sp³-hybridized carbons (Fsp3) is 0.333. The Kier molecular flexibility index (Phi) is 6.58. The molecule has 0 aliphatic carbocycles. The zero-order valence-electron chi connectivity index (χ0n) is 13.5. The molecule has 0 saturated heterocycles. The van der Waals surface area contributed by atoms with Gasteiger partial charge in [-0.3, -0.25) is 4.79 Å². The van der Waals surface area contributed by atoms with Crippen molar-refractivity contribution >= 4 is 29.2 Å². The highest BCUT2D eigenvalue weighted by molar-refractivity contribution is 6.33. The first-order chi connectivity index (χ1) is 11.5. The molecular formula is C18H18Cl2FNO2. The van der Waals surface area contributed by atoms with Gasteiger partial charge in [0.2, 0.25) is 0 Å². The molecule has 0 aliphatic rings. The minimum atomic E-state index is -0.356. The van der Waals surface area contributed by atoms with Gasteiger partial charge in [0.25, 0.3) is 0 Å². The van der Waals surface area contributed by atoms with Gasteiger partial charge >= 0.3 is 5.97 Å². The maximum atomic E-state index is 14.5. The number of benzene rings is 1. The number of aromatic nitrogens is 1. The molecule has 0 saturated carbocycles. The molecule has 128 valence electrons. The van der Waals surface area contributed by atoms with E-state index in [-0.39, 0.29) is 28.5 Å². The van der Waals surface area contributed by atoms with Crippen molar-refractivity contribution < 1.29 is 13.9 Å². The first-order valence-corrected chi connectivity index (χ1v) is 8.51. The third-order valence-electron chi connectivity index (χ3n) is 3.66. The number of hydrogen-bond donors (Lipinski definition) is 0. The van der Waals surface area contributed by atoms with Gasteiger partial charge in [0.1, 0.15) is 16.1 Å². The SMILES string of the molecule is CCOC(=O)CCc1c(-c2ccc(CC)cc2F)cc(Cl)nc1Cl. The van der Waals surface area contributed by atoms with Crippen molar-refractivity contribution in [3.63, 3.8) is 0 Å². The molecular weight excluding hydrogens is 352 g/mol. The predicted molar refractivity (Wildman–Crippen MR) is 94.0 cm³/mol. The Bertz CT molecular complexity index is 750. The fourth-order valence-corrected chi connectivity index (χ4v) is 2.97. The first-order valence-electron chi connectivity index (χ1n) is 7.75. The molecule has 0 spiro atoms. The molecule has 0 radical (unpaired) electrons. The molecule has 0 N–H and O–H groups in total. The van der Waals surface area contributed by atoms with Crippen LogP contribution in [0.2, 0.25) is 10.3 Å². The number of hydrogen-bond acceptors (Lipinski definition) is 3. The van der Waals surface area contributed by atoms with Gasteiger partial charge in [-0.1, -0.05) is 42.3 Å². The van der Waals surface area contributed by atoms with Gasteiger partial charge in [-0.05, 0) is 48.6 Å². The van der Waals surface area contributed by atoms with E-state index in [1.165, 1.54) is 6.07 Å². The van der Waals surface area contributed by atoms with E-state index >= 15 is 0 Å². The molecule has 1 aromatic heterocycles. The molecule has 0 fully saturated rings. The molecule has 3 nitrogen and oxygen atoms in total. The number of halogens is 3. The smallest absolute Gasteiger partial charge is 0.306 e. The van der Waals surface area contributed by atoms with Gasteiger partial charge in [-0.2, -0.15) is 0 Å². The van der Waals surface area contributed by atoms with Gasteiger partial charge in [0.15, 0.2) is 0 Å². The molecule has 24 heavy (non-hydrogen) atoms. The molecule has 0 atom stereocenters. The van der Waals surface area contributed by atoms with Crippen LogP contribution in [0.4, 0.5) is 4.39 Å². The van der Waals surface area contributed by atoms with Crippen molar-refractivity contribution in [3.8, 4) is 11.1 Å². The van der Waals surface area contributed by atoms with Crippen LogP contribution in [0.15, 0.2) is 24.3 Å². The van der Waals surface area contributed by atoms with Crippen LogP contribution in [0.25, 0.3) is 11.1 Å². The van der Waals surface area contributed by atoms with E-state index in [2.05, 4.69) is 4.98 Å². The van der Waals surface area contributed by atoms with Gasteiger partial charge in [0, 0.05) is 12.0 Å². The van der Waals surface area contributed by atoms with E-state index in [4.69, 9.17) is 27.9 Å². The van der Waals surface area contributed by atoms with Crippen LogP contribution in [0, 0.1) is 5.82 Å². The minimum absolute atomic E-state index is 0.137. The van der Waals surface area contributed by atoms with E-state index in [0.29, 0.717) is 29.7 Å². The van der Waals surface area contributed by atoms with Crippen molar-refractivity contribution in [1.82, 2.24) is 4.98 Å². The van der Waals surface area contributed by atoms with Crippen LogP contribution in [0.5, 0.6) is 0 Å². The van der Waals surface area contributed by atoms with E-state index in [0.717, 1.165) is 12.0 Å². The van der Waals surface area contributed by atoms with Crippen molar-refractivity contribution in [2.24, 2.45) is 0 Å². The van der Waals surface area contributed by atoms with Crippen molar-refractivity contribution in [1.29, 1.82) is 0 Å². The molecule has 2 rings (SSSR count). The number of rotatable bonds is 6. The normalized spacial score (nSPS) is 10.7. The largest absolute Gasteiger partial charge is 0.466 e. The fourth-order valence-electron chi connectivity index (χ4n) is 2.45. The van der Waals surface area contributed by atoms with Gasteiger partial charge in [-0.15, -0.1) is 0 Å². The number of aryl methyl sites for hydroxylation is 1. The maximum Gasteiger partial charge on any atom is 0.306 e. The number of esters is 1. The molecule has 0 bridgehead atoms. The molecule has 0 amide bonds. The standard InChI is InChI=1S/C18H18Cl2FNO2/c1-3-11-5-6-12(15(21)9-11)14-10-16(19)22-18(20)13(14)7-8-17(23)24-4-2/h5-6,9-10H,3-4,7-8H2,1-2H3. The van der Waals surface area contributed by atoms with Crippen LogP contribution >= 0.6 is 23.2 Å². The Hall–Kier alpha value is -1.65. The number of pyridine rings is 1. The number of carbonyl (C=O) groups excluding carboxylic acids is 1. The highest BCUT2D eigenvalue weighted by atomic mass is 35.5.